The predicted molar refractivity (Wildman–Crippen MR) is 52.2 cm³/mol. The second kappa shape index (κ2) is 3.24. The summed E-state index contributed by atoms with van der Waals surface area (Å²) in [6.45, 7) is 2.03. The monoisotopic (exact) mass is 178 g/mol. The van der Waals surface area contributed by atoms with E-state index in [0.29, 0.717) is 6.10 Å². The summed E-state index contributed by atoms with van der Waals surface area (Å²) in [5.41, 5.74) is 1.13. The third-order valence-electron chi connectivity index (χ3n) is 2.12. The van der Waals surface area contributed by atoms with Gasteiger partial charge >= 0.3 is 0 Å². The molecule has 0 aromatic carbocycles. The molecule has 3 nitrogen and oxygen atoms in total. The van der Waals surface area contributed by atoms with E-state index in [-0.39, 0.29) is 0 Å². The van der Waals surface area contributed by atoms with Gasteiger partial charge in [0.05, 0.1) is 12.3 Å². The van der Waals surface area contributed by atoms with Crippen LogP contribution < -0.4 is 10.1 Å². The number of nitrogens with one attached hydrogen (secondary N) is 1. The molecule has 2 rings (SSSR count). The van der Waals surface area contributed by atoms with Gasteiger partial charge in [-0.3, -0.25) is 0 Å². The van der Waals surface area contributed by atoms with Crippen LogP contribution in [0.15, 0.2) is 12.3 Å². The highest BCUT2D eigenvalue weighted by Gasteiger charge is 2.23. The van der Waals surface area contributed by atoms with Gasteiger partial charge in [-0.15, -0.1) is 0 Å². The minimum atomic E-state index is 0.446. The highest BCUT2D eigenvalue weighted by atomic mass is 16.5. The van der Waals surface area contributed by atoms with Crippen LogP contribution in [0.3, 0.4) is 0 Å². The first-order chi connectivity index (χ1) is 6.29. The maximum Gasteiger partial charge on any atom is 0.138 e. The molecule has 1 fully saturated rings. The molecule has 0 aliphatic heterocycles. The summed E-state index contributed by atoms with van der Waals surface area (Å²) in [5, 5.41) is 3.02. The third-order valence-corrected chi connectivity index (χ3v) is 2.12. The average Bonchev–Trinajstić information content (AvgIpc) is 2.89. The van der Waals surface area contributed by atoms with Gasteiger partial charge in [-0.2, -0.15) is 0 Å². The molecule has 0 saturated heterocycles. The molecule has 0 amide bonds. The fraction of sp³-hybridized carbons (Fsp3) is 0.500. The summed E-state index contributed by atoms with van der Waals surface area (Å²) in [6, 6.07) is 2.02. The number of pyridine rings is 1. The number of rotatable bonds is 3. The van der Waals surface area contributed by atoms with Crippen LogP contribution in [0.25, 0.3) is 0 Å². The fourth-order valence-corrected chi connectivity index (χ4v) is 1.25. The first kappa shape index (κ1) is 8.35. The fourth-order valence-electron chi connectivity index (χ4n) is 1.25. The molecule has 0 bridgehead atoms. The molecule has 0 atom stereocenters. The normalized spacial score (nSPS) is 15.5. The van der Waals surface area contributed by atoms with Crippen LogP contribution in [0.1, 0.15) is 18.4 Å². The lowest BCUT2D eigenvalue weighted by Crippen LogP contribution is -1.99. The van der Waals surface area contributed by atoms with Gasteiger partial charge in [-0.25, -0.2) is 4.98 Å². The van der Waals surface area contributed by atoms with E-state index in [9.17, 15) is 0 Å². The molecule has 0 spiro atoms. The number of hydrogen-bond acceptors (Lipinski definition) is 3. The van der Waals surface area contributed by atoms with Gasteiger partial charge in [0.1, 0.15) is 11.6 Å². The SMILES string of the molecule is CNc1ncc(OC2CC2)cc1C. The molecule has 3 heteroatoms. The zero-order valence-electron chi connectivity index (χ0n) is 8.00. The Labute approximate surface area is 78.1 Å². The summed E-state index contributed by atoms with van der Waals surface area (Å²) >= 11 is 0. The van der Waals surface area contributed by atoms with E-state index in [1.807, 2.05) is 20.0 Å². The summed E-state index contributed by atoms with van der Waals surface area (Å²) in [5.74, 6) is 1.81. The molecule has 0 unspecified atom stereocenters. The van der Waals surface area contributed by atoms with E-state index < -0.39 is 0 Å². The minimum Gasteiger partial charge on any atom is -0.489 e. The molecular weight excluding hydrogens is 164 g/mol. The van der Waals surface area contributed by atoms with Gasteiger partial charge in [0.15, 0.2) is 0 Å². The van der Waals surface area contributed by atoms with E-state index in [4.69, 9.17) is 4.74 Å². The number of aromatic nitrogens is 1. The zero-order chi connectivity index (χ0) is 9.26. The lowest BCUT2D eigenvalue weighted by molar-refractivity contribution is 0.302. The van der Waals surface area contributed by atoms with E-state index in [0.717, 1.165) is 17.1 Å². The first-order valence-corrected chi connectivity index (χ1v) is 4.60. The molecule has 1 aliphatic rings. The number of ether oxygens (including phenoxy) is 1. The van der Waals surface area contributed by atoms with Gasteiger partial charge in [0.2, 0.25) is 0 Å². The van der Waals surface area contributed by atoms with E-state index >= 15 is 0 Å². The second-order valence-electron chi connectivity index (χ2n) is 3.40. The first-order valence-electron chi connectivity index (χ1n) is 4.60. The molecule has 1 aromatic heterocycles. The zero-order valence-corrected chi connectivity index (χ0v) is 8.00. The van der Waals surface area contributed by atoms with Crippen LogP contribution in [0, 0.1) is 6.92 Å². The lowest BCUT2D eigenvalue weighted by Gasteiger charge is -2.07. The molecule has 1 aromatic rings. The Kier molecular flexibility index (Phi) is 2.08. The van der Waals surface area contributed by atoms with Crippen molar-refractivity contribution in [2.45, 2.75) is 25.9 Å². The molecule has 13 heavy (non-hydrogen) atoms. The van der Waals surface area contributed by atoms with Crippen LogP contribution in [0.2, 0.25) is 0 Å². The number of aryl methyl sites for hydroxylation is 1. The smallest absolute Gasteiger partial charge is 0.138 e. The van der Waals surface area contributed by atoms with Crippen LogP contribution in [0.5, 0.6) is 5.75 Å². The van der Waals surface area contributed by atoms with Crippen molar-refractivity contribution >= 4 is 5.82 Å². The third kappa shape index (κ3) is 1.91. The Morgan fingerprint density at radius 3 is 2.85 bits per heavy atom. The van der Waals surface area contributed by atoms with Gasteiger partial charge in [0, 0.05) is 7.05 Å². The predicted octanol–water partition coefficient (Wildman–Crippen LogP) is 1.97. The van der Waals surface area contributed by atoms with Crippen molar-refractivity contribution < 1.29 is 4.74 Å². The maximum atomic E-state index is 5.62. The van der Waals surface area contributed by atoms with Crippen molar-refractivity contribution in [2.75, 3.05) is 12.4 Å². The van der Waals surface area contributed by atoms with Crippen molar-refractivity contribution in [3.05, 3.63) is 17.8 Å². The molecule has 1 heterocycles. The number of hydrogen-bond donors (Lipinski definition) is 1. The Balaban J connectivity index is 2.13. The highest BCUT2D eigenvalue weighted by molar-refractivity contribution is 5.45. The van der Waals surface area contributed by atoms with Crippen LogP contribution >= 0.6 is 0 Å². The van der Waals surface area contributed by atoms with Crippen molar-refractivity contribution in [1.82, 2.24) is 4.98 Å². The van der Waals surface area contributed by atoms with E-state index in [2.05, 4.69) is 10.3 Å². The largest absolute Gasteiger partial charge is 0.489 e. The summed E-state index contributed by atoms with van der Waals surface area (Å²) in [7, 11) is 1.87. The lowest BCUT2D eigenvalue weighted by atomic mass is 10.3. The Bertz CT molecular complexity index is 308. The van der Waals surface area contributed by atoms with Gasteiger partial charge in [0.25, 0.3) is 0 Å². The maximum absolute atomic E-state index is 5.62. The van der Waals surface area contributed by atoms with Crippen molar-refractivity contribution in [3.63, 3.8) is 0 Å². The standard InChI is InChI=1S/C10H14N2O/c1-7-5-9(13-8-3-4-8)6-12-10(7)11-2/h5-6,8H,3-4H2,1-2H3,(H,11,12). The Morgan fingerprint density at radius 2 is 2.31 bits per heavy atom. The number of nitrogens with zero attached hydrogens (tertiary/aromatic N) is 1. The molecule has 1 N–H and O–H groups in total. The quantitative estimate of drug-likeness (QED) is 0.768. The number of anilines is 1. The average molecular weight is 178 g/mol. The van der Waals surface area contributed by atoms with Crippen LogP contribution in [0.4, 0.5) is 5.82 Å². The molecule has 1 saturated carbocycles. The minimum absolute atomic E-state index is 0.446. The van der Waals surface area contributed by atoms with Crippen molar-refractivity contribution in [1.29, 1.82) is 0 Å². The van der Waals surface area contributed by atoms with E-state index in [1.165, 1.54) is 12.8 Å². The summed E-state index contributed by atoms with van der Waals surface area (Å²) in [6.07, 6.45) is 4.60. The summed E-state index contributed by atoms with van der Waals surface area (Å²) in [4.78, 5) is 4.24. The summed E-state index contributed by atoms with van der Waals surface area (Å²) < 4.78 is 5.62. The second-order valence-corrected chi connectivity index (χ2v) is 3.40. The molecule has 70 valence electrons. The van der Waals surface area contributed by atoms with Crippen LogP contribution in [-0.2, 0) is 0 Å². The Hall–Kier alpha value is -1.25. The van der Waals surface area contributed by atoms with Gasteiger partial charge < -0.3 is 10.1 Å². The van der Waals surface area contributed by atoms with Gasteiger partial charge in [-0.1, -0.05) is 0 Å². The van der Waals surface area contributed by atoms with Crippen LogP contribution in [-0.4, -0.2) is 18.1 Å². The van der Waals surface area contributed by atoms with E-state index in [1.54, 1.807) is 6.20 Å². The van der Waals surface area contributed by atoms with Crippen molar-refractivity contribution in [3.8, 4) is 5.75 Å². The van der Waals surface area contributed by atoms with Gasteiger partial charge in [-0.05, 0) is 31.4 Å². The topological polar surface area (TPSA) is 34.2 Å². The highest BCUT2D eigenvalue weighted by Crippen LogP contribution is 2.27. The molecule has 0 radical (unpaired) electrons. The van der Waals surface area contributed by atoms with Crippen molar-refractivity contribution in [2.24, 2.45) is 0 Å². The molecular formula is C10H14N2O. The Morgan fingerprint density at radius 1 is 1.54 bits per heavy atom. The molecule has 1 aliphatic carbocycles.